The lowest BCUT2D eigenvalue weighted by Crippen LogP contribution is -2.41. The Balaban J connectivity index is 0.000000131. The van der Waals surface area contributed by atoms with Gasteiger partial charge >= 0.3 is 7.12 Å². The van der Waals surface area contributed by atoms with Crippen molar-refractivity contribution in [3.05, 3.63) is 274 Å². The topological polar surface area (TPSA) is 105 Å². The molecule has 1 aliphatic heterocycles. The summed E-state index contributed by atoms with van der Waals surface area (Å²) in [6, 6.07) is 76.4. The molecule has 2 aliphatic carbocycles. The highest BCUT2D eigenvalue weighted by Crippen LogP contribution is 2.57. The molecule has 0 saturated carbocycles. The molecule has 8 nitrogen and oxygen atoms in total. The second kappa shape index (κ2) is 21.8. The third kappa shape index (κ3) is 9.25. The number of nitrogens with zero attached hydrogens (tertiary/aromatic N) is 2. The van der Waals surface area contributed by atoms with Crippen molar-refractivity contribution in [1.82, 2.24) is 0 Å². The molecule has 12 heteroatoms. The summed E-state index contributed by atoms with van der Waals surface area (Å²) in [4.78, 5) is 21.7. The summed E-state index contributed by atoms with van der Waals surface area (Å²) in [5.41, 5.74) is 11.9. The van der Waals surface area contributed by atoms with Crippen LogP contribution in [0.1, 0.15) is 77.6 Å². The second-order valence-electron chi connectivity index (χ2n) is 26.5. The van der Waals surface area contributed by atoms with Crippen molar-refractivity contribution in [2.45, 2.75) is 77.4 Å². The summed E-state index contributed by atoms with van der Waals surface area (Å²) < 4.78 is 15.3. The molecule has 17 rings (SSSR count). The minimum atomic E-state index is -0.434. The van der Waals surface area contributed by atoms with Gasteiger partial charge in [0.15, 0.2) is 0 Å². The van der Waals surface area contributed by atoms with Crippen LogP contribution in [0.3, 0.4) is 0 Å². The van der Waals surface area contributed by atoms with E-state index in [1.165, 1.54) is 126 Å². The van der Waals surface area contributed by atoms with E-state index in [0.29, 0.717) is 10.0 Å². The molecule has 450 valence electrons. The zero-order valence-electron chi connectivity index (χ0n) is 51.8. The Kier molecular flexibility index (Phi) is 14.1. The maximum absolute atomic E-state index is 12.1. The highest BCUT2D eigenvalue weighted by Gasteiger charge is 2.53. The largest absolute Gasteiger partial charge is 0.495 e. The molecule has 0 unspecified atom stereocenters. The zero-order valence-corrected chi connectivity index (χ0v) is 56.6. The van der Waals surface area contributed by atoms with Gasteiger partial charge in [-0.25, -0.2) is 0 Å². The summed E-state index contributed by atoms with van der Waals surface area (Å²) in [7, 11) is -0.410. The van der Waals surface area contributed by atoms with E-state index in [0.717, 1.165) is 30.7 Å². The van der Waals surface area contributed by atoms with Gasteiger partial charge in [-0.15, -0.1) is 0 Å². The average Bonchev–Trinajstić information content (AvgIpc) is 1.51. The van der Waals surface area contributed by atoms with Gasteiger partial charge in [0.1, 0.15) is 0 Å². The van der Waals surface area contributed by atoms with Gasteiger partial charge in [0, 0.05) is 31.9 Å². The highest BCUT2D eigenvalue weighted by molar-refractivity contribution is 9.11. The minimum Gasteiger partial charge on any atom is -0.399 e. The van der Waals surface area contributed by atoms with Crippen LogP contribution in [0.25, 0.3) is 120 Å². The molecule has 3 aliphatic rings. The predicted octanol–water partition coefficient (Wildman–Crippen LogP) is 23.0. The third-order valence-corrected chi connectivity index (χ3v) is 21.8. The molecule has 0 radical (unpaired) electrons. The van der Waals surface area contributed by atoms with Gasteiger partial charge in [-0.1, -0.05) is 211 Å². The molecular formula is C80H60BBr3N2O6. The Morgan fingerprint density at radius 1 is 0.326 bits per heavy atom. The number of nitro groups is 2. The van der Waals surface area contributed by atoms with Gasteiger partial charge in [-0.05, 0) is 240 Å². The molecule has 14 aromatic rings. The fourth-order valence-electron chi connectivity index (χ4n) is 14.9. The second-order valence-corrected chi connectivity index (χ2v) is 29.2. The molecule has 0 spiro atoms. The van der Waals surface area contributed by atoms with E-state index < -0.39 is 23.2 Å². The van der Waals surface area contributed by atoms with E-state index >= 15 is 0 Å². The zero-order chi connectivity index (χ0) is 64.1. The van der Waals surface area contributed by atoms with E-state index in [1.807, 2.05) is 12.1 Å². The number of hydrogen-bond acceptors (Lipinski definition) is 6. The smallest absolute Gasteiger partial charge is 0.399 e. The molecule has 92 heavy (non-hydrogen) atoms. The normalized spacial score (nSPS) is 15.3. The predicted molar refractivity (Wildman–Crippen MR) is 392 cm³/mol. The fraction of sp³-hybridized carbons (Fsp3) is 0.150. The van der Waals surface area contributed by atoms with Crippen LogP contribution < -0.4 is 5.46 Å². The summed E-state index contributed by atoms with van der Waals surface area (Å²) >= 11 is 9.83. The van der Waals surface area contributed by atoms with Gasteiger partial charge in [-0.2, -0.15) is 0 Å². The molecule has 0 atom stereocenters. The highest BCUT2D eigenvalue weighted by atomic mass is 79.9. The lowest BCUT2D eigenvalue weighted by Gasteiger charge is -2.32. The van der Waals surface area contributed by atoms with Gasteiger partial charge in [0.05, 0.1) is 31.1 Å². The van der Waals surface area contributed by atoms with Crippen molar-refractivity contribution in [3.63, 3.8) is 0 Å². The van der Waals surface area contributed by atoms with Crippen LogP contribution in [0.15, 0.2) is 232 Å². The van der Waals surface area contributed by atoms with Crippen molar-refractivity contribution < 1.29 is 19.2 Å². The summed E-state index contributed by atoms with van der Waals surface area (Å²) in [5.74, 6) is 0. The van der Waals surface area contributed by atoms with E-state index in [4.69, 9.17) is 9.31 Å². The van der Waals surface area contributed by atoms with Crippen LogP contribution in [0.2, 0.25) is 0 Å². The van der Waals surface area contributed by atoms with Gasteiger partial charge in [0.25, 0.3) is 11.4 Å². The quantitative estimate of drug-likeness (QED) is 0.0752. The average molecular weight is 1400 g/mol. The molecule has 1 heterocycles. The number of nitro benzene ring substituents is 2. The lowest BCUT2D eigenvalue weighted by molar-refractivity contribution is -0.385. The Labute approximate surface area is 558 Å². The summed E-state index contributed by atoms with van der Waals surface area (Å²) in [6.07, 6.45) is 0. The Morgan fingerprint density at radius 3 is 1.08 bits per heavy atom. The molecule has 0 N–H and O–H groups in total. The van der Waals surface area contributed by atoms with Gasteiger partial charge in [-0.3, -0.25) is 20.2 Å². The van der Waals surface area contributed by atoms with E-state index in [1.54, 1.807) is 24.3 Å². The maximum Gasteiger partial charge on any atom is 0.495 e. The van der Waals surface area contributed by atoms with Crippen LogP contribution in [0.5, 0.6) is 0 Å². The van der Waals surface area contributed by atoms with Gasteiger partial charge < -0.3 is 9.31 Å². The van der Waals surface area contributed by atoms with E-state index in [9.17, 15) is 20.2 Å². The standard InChI is InChI=1S/C37H33BO2.C37H24BrNO2.C6H3Br2NO2/c1-35(2)31-20-29-25-16-10-8-14-23(25)22-13-7-9-15-24(22)28(29)19-30(31)34-27-18-12-11-17-26(27)33(21-32(34)35)38-39-36(3,4)37(5,6)40-38;1-37(2)33-19-29-25-12-6-4-10-23(25)22-9-3-5-11-24(22)28(29)18-32(33)36-27-14-8-7-13-26(27)30(20-34(36)37)31-17-21(38)15-16-35(31)39(40)41;7-4-1-2-6(9(10)11)5(8)3-4/h7-21H,1-6H3;3-20H,1-2H3;1-3H. The number of rotatable bonds is 4. The summed E-state index contributed by atoms with van der Waals surface area (Å²) in [5, 5.41) is 42.4. The SMILES string of the molecule is CC1(C)c2cc3c4ccccc4c4ccccc4c3cc2-c2c1cc(-c1cc(Br)ccc1[N+](=O)[O-])c1ccccc21.CC1(C)c2cc3c4ccccc4c4ccccc4c3cc2-c2c1cc(B1OC(C)(C)C(C)(C)O1)c1ccccc21.O=[N+]([O-])c1ccc(Br)cc1Br. The van der Waals surface area contributed by atoms with Crippen molar-refractivity contribution in [3.8, 4) is 33.4 Å². The first-order chi connectivity index (χ1) is 44.0. The van der Waals surface area contributed by atoms with Crippen LogP contribution in [0.4, 0.5) is 11.4 Å². The summed E-state index contributed by atoms with van der Waals surface area (Å²) in [6.45, 7) is 17.8. The van der Waals surface area contributed by atoms with E-state index in [-0.39, 0.29) is 27.1 Å². The molecular weight excluding hydrogens is 1340 g/mol. The number of fused-ring (bicyclic) bond motifs is 22. The van der Waals surface area contributed by atoms with Crippen LogP contribution in [-0.4, -0.2) is 28.2 Å². The molecule has 0 amide bonds. The van der Waals surface area contributed by atoms with E-state index in [2.05, 4.69) is 279 Å². The van der Waals surface area contributed by atoms with Crippen molar-refractivity contribution in [1.29, 1.82) is 0 Å². The monoisotopic (exact) mass is 1390 g/mol. The maximum atomic E-state index is 12.1. The first kappa shape index (κ1) is 59.7. The molecule has 14 aromatic carbocycles. The fourth-order valence-corrected chi connectivity index (χ4v) is 16.4. The number of halogens is 3. The lowest BCUT2D eigenvalue weighted by atomic mass is 9.72. The van der Waals surface area contributed by atoms with Crippen LogP contribution in [0, 0.1) is 20.2 Å². The molecule has 0 bridgehead atoms. The Bertz CT molecular complexity index is 5550. The van der Waals surface area contributed by atoms with Crippen molar-refractivity contribution >= 4 is 158 Å². The first-order valence-electron chi connectivity index (χ1n) is 30.8. The third-order valence-electron chi connectivity index (χ3n) is 20.2. The van der Waals surface area contributed by atoms with Crippen molar-refractivity contribution in [2.24, 2.45) is 0 Å². The number of benzene rings is 14. The first-order valence-corrected chi connectivity index (χ1v) is 33.2. The number of hydrogen-bond donors (Lipinski definition) is 0. The van der Waals surface area contributed by atoms with Crippen molar-refractivity contribution in [2.75, 3.05) is 0 Å². The minimum absolute atomic E-state index is 0.0770. The molecule has 1 saturated heterocycles. The Morgan fingerprint density at radius 2 is 0.663 bits per heavy atom. The van der Waals surface area contributed by atoms with Gasteiger partial charge in [0.2, 0.25) is 0 Å². The molecule has 1 fully saturated rings. The Hall–Kier alpha value is -8.62. The van der Waals surface area contributed by atoms with Crippen LogP contribution >= 0.6 is 47.8 Å². The van der Waals surface area contributed by atoms with Crippen LogP contribution in [-0.2, 0) is 20.1 Å². The molecule has 0 aromatic heterocycles.